The van der Waals surface area contributed by atoms with Gasteiger partial charge in [0, 0.05) is 0 Å². The van der Waals surface area contributed by atoms with Gasteiger partial charge in [0.25, 0.3) is 0 Å². The summed E-state index contributed by atoms with van der Waals surface area (Å²) < 4.78 is 34.3. The van der Waals surface area contributed by atoms with Crippen LogP contribution in [0.15, 0.2) is 121 Å². The van der Waals surface area contributed by atoms with Crippen molar-refractivity contribution in [3.63, 3.8) is 0 Å². The zero-order valence-corrected chi connectivity index (χ0v) is 24.5. The topological polar surface area (TPSA) is 72.5 Å². The van der Waals surface area contributed by atoms with Gasteiger partial charge in [0.1, 0.15) is 12.2 Å². The second kappa shape index (κ2) is 18.6. The fourth-order valence-corrected chi connectivity index (χ4v) is 4.63. The van der Waals surface area contributed by atoms with Crippen molar-refractivity contribution in [2.24, 2.45) is 0 Å². The molecule has 0 aliphatic rings. The molecular weight excluding hydrogens is 544 g/mol. The summed E-state index contributed by atoms with van der Waals surface area (Å²) in [4.78, 5) is 11.8. The fourth-order valence-electron chi connectivity index (χ4n) is 4.63. The van der Waals surface area contributed by atoms with E-state index in [2.05, 4.69) is 36.4 Å². The minimum Gasteiger partial charge on any atom is -0.460 e. The molecule has 4 aromatic rings. The number of hydrogen-bond acceptors (Lipinski definition) is 7. The average Bonchev–Trinajstić information content (AvgIpc) is 3.08. The molecule has 4 aromatic carbocycles. The van der Waals surface area contributed by atoms with Gasteiger partial charge in [-0.05, 0) is 28.8 Å². The number of esters is 1. The van der Waals surface area contributed by atoms with Crippen molar-refractivity contribution in [1.82, 2.24) is 0 Å². The maximum atomic E-state index is 11.8. The monoisotopic (exact) mass is 584 g/mol. The molecule has 0 heterocycles. The maximum absolute atomic E-state index is 11.8. The molecule has 0 saturated heterocycles. The summed E-state index contributed by atoms with van der Waals surface area (Å²) in [6.07, 6.45) is 0. The number of carbonyl (C=O) groups excluding carboxylic acids is 1. The zero-order chi connectivity index (χ0) is 29.8. The molecule has 43 heavy (non-hydrogen) atoms. The number of carbonyl (C=O) groups is 1. The van der Waals surface area contributed by atoms with Crippen molar-refractivity contribution in [3.05, 3.63) is 144 Å². The average molecular weight is 585 g/mol. The third kappa shape index (κ3) is 10.1. The molecule has 226 valence electrons. The van der Waals surface area contributed by atoms with E-state index in [9.17, 15) is 4.79 Å². The first kappa shape index (κ1) is 32.1. The third-order valence-electron chi connectivity index (χ3n) is 6.67. The van der Waals surface area contributed by atoms with Crippen LogP contribution in [0.1, 0.15) is 27.0 Å². The summed E-state index contributed by atoms with van der Waals surface area (Å²) >= 11 is 0. The summed E-state index contributed by atoms with van der Waals surface area (Å²) in [5.74, 6) is -0.353. The van der Waals surface area contributed by atoms with Crippen LogP contribution < -0.4 is 0 Å². The zero-order valence-electron chi connectivity index (χ0n) is 24.5. The van der Waals surface area contributed by atoms with Gasteiger partial charge in [-0.3, -0.25) is 0 Å². The molecule has 0 spiro atoms. The third-order valence-corrected chi connectivity index (χ3v) is 6.67. The SMILES string of the molecule is O=C(OCCOCCOCCOCCOCCOC(c1ccccc1)(c1ccccc1)c1ccccc1)c1ccccc1. The lowest BCUT2D eigenvalue weighted by Gasteiger charge is -2.36. The van der Waals surface area contributed by atoms with Crippen LogP contribution >= 0.6 is 0 Å². The van der Waals surface area contributed by atoms with Gasteiger partial charge in [0.15, 0.2) is 0 Å². The Morgan fingerprint density at radius 3 is 1.14 bits per heavy atom. The molecule has 0 aliphatic carbocycles. The van der Waals surface area contributed by atoms with Crippen LogP contribution in [-0.4, -0.2) is 72.0 Å². The van der Waals surface area contributed by atoms with Crippen LogP contribution in [0.5, 0.6) is 0 Å². The molecule has 7 nitrogen and oxygen atoms in total. The van der Waals surface area contributed by atoms with E-state index in [-0.39, 0.29) is 12.6 Å². The summed E-state index contributed by atoms with van der Waals surface area (Å²) in [5, 5.41) is 0. The van der Waals surface area contributed by atoms with E-state index in [1.54, 1.807) is 24.3 Å². The Labute approximate surface area is 254 Å². The molecular formula is C36H40O7. The normalized spacial score (nSPS) is 11.3. The van der Waals surface area contributed by atoms with E-state index in [0.717, 1.165) is 16.7 Å². The van der Waals surface area contributed by atoms with Gasteiger partial charge in [0.2, 0.25) is 0 Å². The first-order chi connectivity index (χ1) is 21.3. The van der Waals surface area contributed by atoms with Crippen LogP contribution in [0.4, 0.5) is 0 Å². The first-order valence-corrected chi connectivity index (χ1v) is 14.6. The molecule has 0 aliphatic heterocycles. The Bertz CT molecular complexity index is 1190. The lowest BCUT2D eigenvalue weighted by Crippen LogP contribution is -2.34. The van der Waals surface area contributed by atoms with Gasteiger partial charge in [-0.15, -0.1) is 0 Å². The Hall–Kier alpha value is -3.85. The minimum atomic E-state index is -0.753. The lowest BCUT2D eigenvalue weighted by atomic mass is 9.80. The van der Waals surface area contributed by atoms with Crippen LogP contribution in [0, 0.1) is 0 Å². The molecule has 0 N–H and O–H groups in total. The molecule has 4 rings (SSSR count). The Morgan fingerprint density at radius 1 is 0.419 bits per heavy atom. The predicted octanol–water partition coefficient (Wildman–Crippen LogP) is 5.92. The van der Waals surface area contributed by atoms with Crippen molar-refractivity contribution in [2.45, 2.75) is 5.60 Å². The van der Waals surface area contributed by atoms with E-state index >= 15 is 0 Å². The van der Waals surface area contributed by atoms with Crippen molar-refractivity contribution < 1.29 is 33.2 Å². The van der Waals surface area contributed by atoms with Gasteiger partial charge in [0.05, 0.1) is 65.0 Å². The highest BCUT2D eigenvalue weighted by molar-refractivity contribution is 5.89. The van der Waals surface area contributed by atoms with Gasteiger partial charge < -0.3 is 28.4 Å². The summed E-state index contributed by atoms with van der Waals surface area (Å²) in [7, 11) is 0. The van der Waals surface area contributed by atoms with E-state index < -0.39 is 5.60 Å². The standard InChI is InChI=1S/C36H40O7/c37-35(31-13-5-1-6-14-31)42-29-27-40-25-23-38-21-22-39-24-26-41-28-30-43-36(32-15-7-2-8-16-32,33-17-9-3-10-18-33)34-19-11-4-12-20-34/h1-20H,21-30H2. The van der Waals surface area contributed by atoms with E-state index in [4.69, 9.17) is 28.4 Å². The van der Waals surface area contributed by atoms with Crippen LogP contribution in [0.3, 0.4) is 0 Å². The highest BCUT2D eigenvalue weighted by Gasteiger charge is 2.37. The number of rotatable bonds is 20. The Balaban J connectivity index is 1.08. The minimum absolute atomic E-state index is 0.202. The lowest BCUT2D eigenvalue weighted by molar-refractivity contribution is -0.0389. The first-order valence-electron chi connectivity index (χ1n) is 14.6. The summed E-state index contributed by atoms with van der Waals surface area (Å²) in [6, 6.07) is 39.8. The van der Waals surface area contributed by atoms with Crippen molar-refractivity contribution in [2.75, 3.05) is 66.1 Å². The predicted molar refractivity (Wildman–Crippen MR) is 165 cm³/mol. The molecule has 0 aromatic heterocycles. The fraction of sp³-hybridized carbons (Fsp3) is 0.306. The number of ether oxygens (including phenoxy) is 6. The van der Waals surface area contributed by atoms with E-state index in [1.165, 1.54) is 0 Å². The van der Waals surface area contributed by atoms with Crippen molar-refractivity contribution in [1.29, 1.82) is 0 Å². The second-order valence-corrected chi connectivity index (χ2v) is 9.58. The quantitative estimate of drug-likeness (QED) is 0.0726. The maximum Gasteiger partial charge on any atom is 0.338 e. The van der Waals surface area contributed by atoms with Crippen LogP contribution in [0.25, 0.3) is 0 Å². The second-order valence-electron chi connectivity index (χ2n) is 9.58. The van der Waals surface area contributed by atoms with Crippen LogP contribution in [-0.2, 0) is 34.0 Å². The molecule has 0 radical (unpaired) electrons. The molecule has 0 unspecified atom stereocenters. The largest absolute Gasteiger partial charge is 0.460 e. The summed E-state index contributed by atoms with van der Waals surface area (Å²) in [5.41, 5.74) is 2.96. The highest BCUT2D eigenvalue weighted by Crippen LogP contribution is 2.40. The van der Waals surface area contributed by atoms with Gasteiger partial charge in [-0.2, -0.15) is 0 Å². The molecule has 0 atom stereocenters. The molecule has 7 heteroatoms. The van der Waals surface area contributed by atoms with Gasteiger partial charge >= 0.3 is 5.97 Å². The number of benzene rings is 4. The molecule has 0 fully saturated rings. The van der Waals surface area contributed by atoms with E-state index in [1.807, 2.05) is 60.7 Å². The Morgan fingerprint density at radius 2 is 0.744 bits per heavy atom. The van der Waals surface area contributed by atoms with Gasteiger partial charge in [-0.25, -0.2) is 4.79 Å². The smallest absolute Gasteiger partial charge is 0.338 e. The van der Waals surface area contributed by atoms with Crippen molar-refractivity contribution >= 4 is 5.97 Å². The highest BCUT2D eigenvalue weighted by atomic mass is 16.6. The summed E-state index contributed by atoms with van der Waals surface area (Å²) in [6.45, 7) is 4.09. The molecule has 0 bridgehead atoms. The Kier molecular flexibility index (Phi) is 13.9. The number of hydrogen-bond donors (Lipinski definition) is 0. The van der Waals surface area contributed by atoms with Gasteiger partial charge in [-0.1, -0.05) is 109 Å². The molecule has 0 amide bonds. The van der Waals surface area contributed by atoms with Crippen molar-refractivity contribution in [3.8, 4) is 0 Å². The van der Waals surface area contributed by atoms with Crippen LogP contribution in [0.2, 0.25) is 0 Å². The van der Waals surface area contributed by atoms with E-state index in [0.29, 0.717) is 65.0 Å². The molecule has 0 saturated carbocycles.